The molecule has 0 saturated carbocycles. The Balaban J connectivity index is 1.46. The number of para-hydroxylation sites is 2. The Hall–Kier alpha value is -2.34. The largest absolute Gasteiger partial charge is 0.495 e. The van der Waals surface area contributed by atoms with Gasteiger partial charge in [-0.15, -0.1) is 0 Å². The van der Waals surface area contributed by atoms with Gasteiger partial charge < -0.3 is 15.0 Å². The SMILES string of the molecule is COc1ccccc1NC(=O)C1CCN(C(=O)CCc2ccsc2)CC1. The average Bonchev–Trinajstić information content (AvgIpc) is 3.20. The average molecular weight is 372 g/mol. The minimum Gasteiger partial charge on any atom is -0.495 e. The van der Waals surface area contributed by atoms with E-state index in [2.05, 4.69) is 16.8 Å². The van der Waals surface area contributed by atoms with Gasteiger partial charge in [-0.3, -0.25) is 9.59 Å². The van der Waals surface area contributed by atoms with Crippen LogP contribution in [-0.2, 0) is 16.0 Å². The third-order valence-corrected chi connectivity index (χ3v) is 5.52. The molecule has 1 aromatic heterocycles. The monoisotopic (exact) mass is 372 g/mol. The van der Waals surface area contributed by atoms with E-state index in [0.29, 0.717) is 43.8 Å². The van der Waals surface area contributed by atoms with Gasteiger partial charge in [-0.2, -0.15) is 11.3 Å². The summed E-state index contributed by atoms with van der Waals surface area (Å²) in [5, 5.41) is 7.07. The summed E-state index contributed by atoms with van der Waals surface area (Å²) in [6, 6.07) is 9.46. The third kappa shape index (κ3) is 4.64. The number of nitrogens with zero attached hydrogens (tertiary/aromatic N) is 1. The van der Waals surface area contributed by atoms with Crippen molar-refractivity contribution in [2.45, 2.75) is 25.7 Å². The predicted molar refractivity (Wildman–Crippen MR) is 104 cm³/mol. The van der Waals surface area contributed by atoms with E-state index in [0.717, 1.165) is 6.42 Å². The maximum absolute atomic E-state index is 12.5. The number of hydrogen-bond acceptors (Lipinski definition) is 4. The molecule has 5 nitrogen and oxygen atoms in total. The predicted octanol–water partition coefficient (Wildman–Crippen LogP) is 3.57. The first kappa shape index (κ1) is 18.5. The van der Waals surface area contributed by atoms with Gasteiger partial charge in [-0.1, -0.05) is 12.1 Å². The van der Waals surface area contributed by atoms with Crippen LogP contribution in [0.5, 0.6) is 5.75 Å². The highest BCUT2D eigenvalue weighted by Crippen LogP contribution is 2.26. The number of methoxy groups -OCH3 is 1. The molecule has 1 saturated heterocycles. The first-order valence-corrected chi connectivity index (χ1v) is 9.84. The number of rotatable bonds is 6. The quantitative estimate of drug-likeness (QED) is 0.843. The lowest BCUT2D eigenvalue weighted by Gasteiger charge is -2.31. The number of hydrogen-bond donors (Lipinski definition) is 1. The van der Waals surface area contributed by atoms with E-state index in [1.807, 2.05) is 34.5 Å². The van der Waals surface area contributed by atoms with Gasteiger partial charge in [0.2, 0.25) is 11.8 Å². The first-order chi connectivity index (χ1) is 12.7. The van der Waals surface area contributed by atoms with Crippen molar-refractivity contribution < 1.29 is 14.3 Å². The molecule has 2 heterocycles. The Kier molecular flexibility index (Phi) is 6.28. The number of amides is 2. The molecule has 0 spiro atoms. The van der Waals surface area contributed by atoms with E-state index in [4.69, 9.17) is 4.74 Å². The molecule has 2 amide bonds. The summed E-state index contributed by atoms with van der Waals surface area (Å²) in [5.41, 5.74) is 1.91. The molecular formula is C20H24N2O3S. The highest BCUT2D eigenvalue weighted by Gasteiger charge is 2.27. The molecule has 0 bridgehead atoms. The van der Waals surface area contributed by atoms with Gasteiger partial charge >= 0.3 is 0 Å². The smallest absolute Gasteiger partial charge is 0.227 e. The van der Waals surface area contributed by atoms with Crippen LogP contribution in [-0.4, -0.2) is 36.9 Å². The number of nitrogens with one attached hydrogen (secondary N) is 1. The molecule has 0 unspecified atom stereocenters. The van der Waals surface area contributed by atoms with Crippen LogP contribution in [0.3, 0.4) is 0 Å². The molecule has 1 aliphatic heterocycles. The van der Waals surface area contributed by atoms with Crippen molar-refractivity contribution in [3.63, 3.8) is 0 Å². The number of carbonyl (C=O) groups excluding carboxylic acids is 2. The highest BCUT2D eigenvalue weighted by atomic mass is 32.1. The maximum atomic E-state index is 12.5. The van der Waals surface area contributed by atoms with E-state index >= 15 is 0 Å². The molecule has 1 aliphatic rings. The van der Waals surface area contributed by atoms with E-state index < -0.39 is 0 Å². The van der Waals surface area contributed by atoms with Crippen molar-refractivity contribution in [1.29, 1.82) is 0 Å². The van der Waals surface area contributed by atoms with Crippen molar-refractivity contribution in [2.24, 2.45) is 5.92 Å². The zero-order chi connectivity index (χ0) is 18.4. The van der Waals surface area contributed by atoms with E-state index in [1.165, 1.54) is 5.56 Å². The summed E-state index contributed by atoms with van der Waals surface area (Å²) >= 11 is 1.66. The van der Waals surface area contributed by atoms with Crippen LogP contribution in [0.1, 0.15) is 24.8 Å². The molecule has 2 aromatic rings. The van der Waals surface area contributed by atoms with Crippen LogP contribution in [0.4, 0.5) is 5.69 Å². The topological polar surface area (TPSA) is 58.6 Å². The molecular weight excluding hydrogens is 348 g/mol. The van der Waals surface area contributed by atoms with Crippen LogP contribution in [0.2, 0.25) is 0 Å². The number of anilines is 1. The van der Waals surface area contributed by atoms with Crippen molar-refractivity contribution in [1.82, 2.24) is 4.90 Å². The Morgan fingerprint density at radius 2 is 2.00 bits per heavy atom. The normalized spacial score (nSPS) is 14.9. The van der Waals surface area contributed by atoms with E-state index in [-0.39, 0.29) is 17.7 Å². The van der Waals surface area contributed by atoms with Gasteiger partial charge in [0.1, 0.15) is 5.75 Å². The zero-order valence-corrected chi connectivity index (χ0v) is 15.8. The van der Waals surface area contributed by atoms with Gasteiger partial charge in [0.15, 0.2) is 0 Å². The minimum absolute atomic E-state index is 0.000118. The molecule has 0 atom stereocenters. The Morgan fingerprint density at radius 3 is 2.69 bits per heavy atom. The van der Waals surface area contributed by atoms with Crippen molar-refractivity contribution in [3.8, 4) is 5.75 Å². The van der Waals surface area contributed by atoms with E-state index in [1.54, 1.807) is 18.4 Å². The number of benzene rings is 1. The van der Waals surface area contributed by atoms with Crippen molar-refractivity contribution in [3.05, 3.63) is 46.7 Å². The summed E-state index contributed by atoms with van der Waals surface area (Å²) in [4.78, 5) is 26.8. The molecule has 1 aromatic carbocycles. The Bertz CT molecular complexity index is 737. The zero-order valence-electron chi connectivity index (χ0n) is 14.9. The molecule has 0 radical (unpaired) electrons. The fourth-order valence-corrected chi connectivity index (χ4v) is 3.92. The van der Waals surface area contributed by atoms with Crippen LogP contribution >= 0.6 is 11.3 Å². The Morgan fingerprint density at radius 1 is 1.23 bits per heavy atom. The van der Waals surface area contributed by atoms with Gasteiger partial charge in [0.05, 0.1) is 12.8 Å². The number of carbonyl (C=O) groups is 2. The second-order valence-corrected chi connectivity index (χ2v) is 7.26. The molecule has 0 aliphatic carbocycles. The standard InChI is InChI=1S/C20H24N2O3S/c1-25-18-5-3-2-4-17(18)21-20(24)16-8-11-22(12-9-16)19(23)7-6-15-10-13-26-14-15/h2-5,10,13-14,16H,6-9,11-12H2,1H3,(H,21,24). The summed E-state index contributed by atoms with van der Waals surface area (Å²) in [6.07, 6.45) is 2.72. The second-order valence-electron chi connectivity index (χ2n) is 6.48. The van der Waals surface area contributed by atoms with Crippen LogP contribution in [0.25, 0.3) is 0 Å². The molecule has 1 N–H and O–H groups in total. The number of thiophene rings is 1. The third-order valence-electron chi connectivity index (χ3n) is 4.79. The van der Waals surface area contributed by atoms with Crippen LogP contribution in [0.15, 0.2) is 41.1 Å². The van der Waals surface area contributed by atoms with E-state index in [9.17, 15) is 9.59 Å². The minimum atomic E-state index is -0.0687. The fourth-order valence-electron chi connectivity index (χ4n) is 3.22. The van der Waals surface area contributed by atoms with Gasteiger partial charge in [-0.25, -0.2) is 0 Å². The number of likely N-dealkylation sites (tertiary alicyclic amines) is 1. The molecule has 26 heavy (non-hydrogen) atoms. The van der Waals surface area contributed by atoms with Gasteiger partial charge in [-0.05, 0) is 53.8 Å². The summed E-state index contributed by atoms with van der Waals surface area (Å²) in [6.45, 7) is 1.29. The summed E-state index contributed by atoms with van der Waals surface area (Å²) < 4.78 is 5.27. The number of piperidine rings is 1. The van der Waals surface area contributed by atoms with Crippen LogP contribution < -0.4 is 10.1 Å². The van der Waals surface area contributed by atoms with Crippen LogP contribution in [0, 0.1) is 5.92 Å². The van der Waals surface area contributed by atoms with Gasteiger partial charge in [0, 0.05) is 25.4 Å². The molecule has 3 rings (SSSR count). The molecule has 6 heteroatoms. The molecule has 138 valence electrons. The first-order valence-electron chi connectivity index (χ1n) is 8.90. The lowest BCUT2D eigenvalue weighted by Crippen LogP contribution is -2.41. The molecule has 1 fully saturated rings. The highest BCUT2D eigenvalue weighted by molar-refractivity contribution is 7.07. The lowest BCUT2D eigenvalue weighted by molar-refractivity contribution is -0.134. The summed E-state index contributed by atoms with van der Waals surface area (Å²) in [5.74, 6) is 0.766. The summed E-state index contributed by atoms with van der Waals surface area (Å²) in [7, 11) is 1.59. The number of aryl methyl sites for hydroxylation is 1. The Labute approximate surface area is 158 Å². The van der Waals surface area contributed by atoms with Gasteiger partial charge in [0.25, 0.3) is 0 Å². The number of ether oxygens (including phenoxy) is 1. The van der Waals surface area contributed by atoms with Crippen molar-refractivity contribution in [2.75, 3.05) is 25.5 Å². The second kappa shape index (κ2) is 8.85. The maximum Gasteiger partial charge on any atom is 0.227 e. The fraction of sp³-hybridized carbons (Fsp3) is 0.400. The lowest BCUT2D eigenvalue weighted by atomic mass is 9.95. The van der Waals surface area contributed by atoms with Crippen molar-refractivity contribution >= 4 is 28.8 Å².